The molecule has 0 radical (unpaired) electrons. The molecule has 5 nitrogen and oxygen atoms in total. The molecule has 0 bridgehead atoms. The summed E-state index contributed by atoms with van der Waals surface area (Å²) in [5, 5.41) is 18.5. The Balaban J connectivity index is 2.51. The minimum absolute atomic E-state index is 0.162. The maximum Gasteiger partial charge on any atom is 0.335 e. The molecule has 0 saturated heterocycles. The summed E-state index contributed by atoms with van der Waals surface area (Å²) in [7, 11) is 0. The van der Waals surface area contributed by atoms with Crippen LogP contribution in [0, 0.1) is 0 Å². The molecule has 0 heterocycles. The average Bonchev–Trinajstić information content (AvgIpc) is 2.69. The van der Waals surface area contributed by atoms with E-state index < -0.39 is 11.9 Å². The summed E-state index contributed by atoms with van der Waals surface area (Å²) in [4.78, 5) is 35.9. The highest BCUT2D eigenvalue weighted by Crippen LogP contribution is 2.23. The van der Waals surface area contributed by atoms with Gasteiger partial charge in [0.1, 0.15) is 0 Å². The third-order valence-corrected chi connectivity index (χ3v) is 4.79. The number of carbonyl (C=O) groups is 3. The number of benzene rings is 2. The highest BCUT2D eigenvalue weighted by atomic mass is 16.4. The lowest BCUT2D eigenvalue weighted by Crippen LogP contribution is -2.11. The van der Waals surface area contributed by atoms with Gasteiger partial charge in [-0.05, 0) is 73.2 Å². The molecule has 148 valence electrons. The molecule has 2 aromatic rings. The van der Waals surface area contributed by atoms with Crippen LogP contribution in [0.15, 0.2) is 36.4 Å². The molecule has 2 rings (SSSR count). The van der Waals surface area contributed by atoms with Crippen LogP contribution in [0.1, 0.15) is 87.3 Å². The van der Waals surface area contributed by atoms with Gasteiger partial charge in [-0.1, -0.05) is 26.7 Å². The minimum atomic E-state index is -1.02. The molecule has 0 spiro atoms. The first kappa shape index (κ1) is 21.4. The summed E-state index contributed by atoms with van der Waals surface area (Å²) in [6, 6.07) is 9.19. The van der Waals surface area contributed by atoms with E-state index in [0.717, 1.165) is 36.8 Å². The second-order valence-electron chi connectivity index (χ2n) is 6.89. The maximum absolute atomic E-state index is 13.3. The molecule has 2 aromatic carbocycles. The van der Waals surface area contributed by atoms with Crippen molar-refractivity contribution in [2.75, 3.05) is 0 Å². The van der Waals surface area contributed by atoms with Gasteiger partial charge in [0.05, 0.1) is 11.1 Å². The minimum Gasteiger partial charge on any atom is -0.478 e. The predicted octanol–water partition coefficient (Wildman–Crippen LogP) is 5.00. The van der Waals surface area contributed by atoms with Gasteiger partial charge in [-0.3, -0.25) is 4.79 Å². The SMILES string of the molecule is CCCCc1cc(C(=O)O)ccc1C(=O)c1ccc(C(=O)O)cc1CCCC. The number of aromatic carboxylic acids is 2. The Morgan fingerprint density at radius 3 is 1.43 bits per heavy atom. The summed E-state index contributed by atoms with van der Waals surface area (Å²) >= 11 is 0. The highest BCUT2D eigenvalue weighted by molar-refractivity contribution is 6.11. The van der Waals surface area contributed by atoms with Gasteiger partial charge in [-0.15, -0.1) is 0 Å². The molecule has 0 aliphatic rings. The van der Waals surface area contributed by atoms with Crippen molar-refractivity contribution in [2.24, 2.45) is 0 Å². The molecule has 0 saturated carbocycles. The third-order valence-electron chi connectivity index (χ3n) is 4.79. The number of carboxylic acid groups (broad SMARTS) is 2. The van der Waals surface area contributed by atoms with Gasteiger partial charge in [-0.25, -0.2) is 9.59 Å². The molecule has 2 N–H and O–H groups in total. The lowest BCUT2D eigenvalue weighted by atomic mass is 9.89. The Morgan fingerprint density at radius 2 is 1.11 bits per heavy atom. The first-order chi connectivity index (χ1) is 13.4. The van der Waals surface area contributed by atoms with E-state index in [0.29, 0.717) is 24.0 Å². The largest absolute Gasteiger partial charge is 0.478 e. The molecule has 0 amide bonds. The normalized spacial score (nSPS) is 10.6. The van der Waals surface area contributed by atoms with E-state index in [-0.39, 0.29) is 16.9 Å². The van der Waals surface area contributed by atoms with Crippen molar-refractivity contribution >= 4 is 17.7 Å². The molecule has 0 atom stereocenters. The smallest absolute Gasteiger partial charge is 0.335 e. The van der Waals surface area contributed by atoms with Gasteiger partial charge in [0.2, 0.25) is 0 Å². The number of unbranched alkanes of at least 4 members (excludes halogenated alkanes) is 2. The van der Waals surface area contributed by atoms with Crippen LogP contribution in [0.3, 0.4) is 0 Å². The topological polar surface area (TPSA) is 91.7 Å². The molecule has 0 unspecified atom stereocenters. The van der Waals surface area contributed by atoms with Crippen molar-refractivity contribution in [1.82, 2.24) is 0 Å². The Hall–Kier alpha value is -2.95. The van der Waals surface area contributed by atoms with Gasteiger partial charge in [0.15, 0.2) is 5.78 Å². The van der Waals surface area contributed by atoms with E-state index in [1.165, 1.54) is 12.1 Å². The van der Waals surface area contributed by atoms with Gasteiger partial charge in [-0.2, -0.15) is 0 Å². The number of hydrogen-bond acceptors (Lipinski definition) is 3. The standard InChI is InChI=1S/C23H26O5/c1-3-5-7-15-13-17(22(25)26)9-11-19(15)21(24)20-12-10-18(23(27)28)14-16(20)8-6-4-2/h9-14H,3-8H2,1-2H3,(H,25,26)(H,27,28). The van der Waals surface area contributed by atoms with Gasteiger partial charge in [0, 0.05) is 11.1 Å². The fourth-order valence-corrected chi connectivity index (χ4v) is 3.19. The number of aryl methyl sites for hydroxylation is 2. The third kappa shape index (κ3) is 5.06. The molecular formula is C23H26O5. The van der Waals surface area contributed by atoms with Crippen molar-refractivity contribution in [3.63, 3.8) is 0 Å². The predicted molar refractivity (Wildman–Crippen MR) is 107 cm³/mol. The van der Waals surface area contributed by atoms with Gasteiger partial charge in [0.25, 0.3) is 0 Å². The van der Waals surface area contributed by atoms with Crippen LogP contribution in [-0.2, 0) is 12.8 Å². The van der Waals surface area contributed by atoms with E-state index in [9.17, 15) is 24.6 Å². The molecule has 28 heavy (non-hydrogen) atoms. The van der Waals surface area contributed by atoms with Gasteiger partial charge < -0.3 is 10.2 Å². The monoisotopic (exact) mass is 382 g/mol. The number of hydrogen-bond donors (Lipinski definition) is 2. The maximum atomic E-state index is 13.3. The van der Waals surface area contributed by atoms with Crippen molar-refractivity contribution in [3.8, 4) is 0 Å². The summed E-state index contributed by atoms with van der Waals surface area (Å²) in [5.74, 6) is -2.23. The van der Waals surface area contributed by atoms with E-state index in [2.05, 4.69) is 0 Å². The molecule has 0 aromatic heterocycles. The number of ketones is 1. The average molecular weight is 382 g/mol. The number of rotatable bonds is 10. The number of carbonyl (C=O) groups excluding carboxylic acids is 1. The number of carboxylic acids is 2. The first-order valence-electron chi connectivity index (χ1n) is 9.66. The van der Waals surface area contributed by atoms with E-state index in [4.69, 9.17) is 0 Å². The molecule has 0 aliphatic carbocycles. The Bertz CT molecular complexity index is 811. The zero-order valence-electron chi connectivity index (χ0n) is 16.3. The summed E-state index contributed by atoms with van der Waals surface area (Å²) in [6.45, 7) is 4.08. The van der Waals surface area contributed by atoms with Gasteiger partial charge >= 0.3 is 11.9 Å². The first-order valence-corrected chi connectivity index (χ1v) is 9.66. The Morgan fingerprint density at radius 1 is 0.714 bits per heavy atom. The van der Waals surface area contributed by atoms with Crippen LogP contribution in [0.2, 0.25) is 0 Å². The summed E-state index contributed by atoms with van der Waals surface area (Å²) in [5.41, 5.74) is 2.73. The van der Waals surface area contributed by atoms with E-state index >= 15 is 0 Å². The second-order valence-corrected chi connectivity index (χ2v) is 6.89. The van der Waals surface area contributed by atoms with Crippen LogP contribution in [-0.4, -0.2) is 27.9 Å². The zero-order valence-corrected chi connectivity index (χ0v) is 16.3. The van der Waals surface area contributed by atoms with Crippen molar-refractivity contribution in [1.29, 1.82) is 0 Å². The Labute approximate surface area is 165 Å². The van der Waals surface area contributed by atoms with Crippen molar-refractivity contribution < 1.29 is 24.6 Å². The lowest BCUT2D eigenvalue weighted by molar-refractivity contribution is 0.0686. The highest BCUT2D eigenvalue weighted by Gasteiger charge is 2.19. The van der Waals surface area contributed by atoms with E-state index in [1.807, 2.05) is 13.8 Å². The van der Waals surface area contributed by atoms with Crippen molar-refractivity contribution in [2.45, 2.75) is 52.4 Å². The van der Waals surface area contributed by atoms with Crippen LogP contribution < -0.4 is 0 Å². The zero-order chi connectivity index (χ0) is 20.7. The molecular weight excluding hydrogens is 356 g/mol. The summed E-state index contributed by atoms with van der Waals surface area (Å²) < 4.78 is 0. The molecule has 0 fully saturated rings. The quantitative estimate of drug-likeness (QED) is 0.564. The van der Waals surface area contributed by atoms with Crippen LogP contribution in [0.25, 0.3) is 0 Å². The molecule has 0 aliphatic heterocycles. The molecule has 5 heteroatoms. The lowest BCUT2D eigenvalue weighted by Gasteiger charge is -2.13. The fourth-order valence-electron chi connectivity index (χ4n) is 3.19. The van der Waals surface area contributed by atoms with E-state index in [1.54, 1.807) is 24.3 Å². The van der Waals surface area contributed by atoms with Crippen LogP contribution in [0.5, 0.6) is 0 Å². The summed E-state index contributed by atoms with van der Waals surface area (Å²) in [6.07, 6.45) is 4.81. The fraction of sp³-hybridized carbons (Fsp3) is 0.348. The van der Waals surface area contributed by atoms with Crippen LogP contribution in [0.4, 0.5) is 0 Å². The Kier molecular flexibility index (Phi) is 7.50. The van der Waals surface area contributed by atoms with Crippen LogP contribution >= 0.6 is 0 Å². The van der Waals surface area contributed by atoms with Crippen molar-refractivity contribution in [3.05, 3.63) is 69.8 Å². The second kappa shape index (κ2) is 9.83.